The van der Waals surface area contributed by atoms with Crippen molar-refractivity contribution < 1.29 is 0 Å². The van der Waals surface area contributed by atoms with E-state index in [2.05, 4.69) is 301 Å². The third-order valence-electron chi connectivity index (χ3n) is 14.2. The van der Waals surface area contributed by atoms with Crippen LogP contribution in [0.1, 0.15) is 0 Å². The van der Waals surface area contributed by atoms with E-state index in [4.69, 9.17) is 0 Å². The molecule has 0 aliphatic heterocycles. The highest BCUT2D eigenvalue weighted by Gasteiger charge is 2.18. The largest absolute Gasteiger partial charge is 0.310 e. The molecule has 2 heteroatoms. The summed E-state index contributed by atoms with van der Waals surface area (Å²) in [7, 11) is 0. The Bertz CT molecular complexity index is 4050. The summed E-state index contributed by atoms with van der Waals surface area (Å²) in [6, 6.07) is 106. The van der Waals surface area contributed by atoms with Crippen molar-refractivity contribution in [1.82, 2.24) is 4.57 Å². The van der Waals surface area contributed by atoms with Crippen LogP contribution in [0.15, 0.2) is 291 Å². The number of nitrogens with zero attached hydrogens (tertiary/aromatic N) is 2. The van der Waals surface area contributed by atoms with Crippen molar-refractivity contribution in [2.24, 2.45) is 0 Å². The minimum Gasteiger partial charge on any atom is -0.310 e. The average Bonchev–Trinajstić information content (AvgIpc) is 3.81. The lowest BCUT2D eigenvalue weighted by molar-refractivity contribution is 1.18. The van der Waals surface area contributed by atoms with E-state index in [1.807, 2.05) is 0 Å². The Labute approximate surface area is 420 Å². The predicted molar refractivity (Wildman–Crippen MR) is 306 cm³/mol. The number of hydrogen-bond donors (Lipinski definition) is 0. The van der Waals surface area contributed by atoms with Gasteiger partial charge in [-0.3, -0.25) is 0 Å². The zero-order chi connectivity index (χ0) is 47.8. The fourth-order valence-electron chi connectivity index (χ4n) is 10.7. The predicted octanol–water partition coefficient (Wildman–Crippen LogP) is 19.4. The molecule has 1 aromatic heterocycles. The smallest absolute Gasteiger partial charge is 0.0547 e. The molecule has 0 bridgehead atoms. The highest BCUT2D eigenvalue weighted by atomic mass is 15.1. The fraction of sp³-hybridized carbons (Fsp3) is 0. The van der Waals surface area contributed by atoms with Crippen LogP contribution in [0.5, 0.6) is 0 Å². The molecule has 0 fully saturated rings. The van der Waals surface area contributed by atoms with Gasteiger partial charge < -0.3 is 9.47 Å². The molecule has 13 aromatic rings. The van der Waals surface area contributed by atoms with E-state index < -0.39 is 0 Å². The van der Waals surface area contributed by atoms with Crippen molar-refractivity contribution in [2.75, 3.05) is 4.90 Å². The monoisotopic (exact) mass is 916 g/mol. The molecule has 0 atom stereocenters. The van der Waals surface area contributed by atoms with Gasteiger partial charge in [-0.1, -0.05) is 218 Å². The maximum Gasteiger partial charge on any atom is 0.0547 e. The van der Waals surface area contributed by atoms with Gasteiger partial charge in [0.25, 0.3) is 0 Å². The Balaban J connectivity index is 0.872. The average molecular weight is 917 g/mol. The van der Waals surface area contributed by atoms with Gasteiger partial charge in [0.05, 0.1) is 11.0 Å². The summed E-state index contributed by atoms with van der Waals surface area (Å²) >= 11 is 0. The van der Waals surface area contributed by atoms with E-state index >= 15 is 0 Å². The van der Waals surface area contributed by atoms with Crippen molar-refractivity contribution in [3.8, 4) is 72.4 Å². The maximum atomic E-state index is 2.39. The van der Waals surface area contributed by atoms with Gasteiger partial charge in [-0.2, -0.15) is 0 Å². The Morgan fingerprint density at radius 1 is 0.236 bits per heavy atom. The van der Waals surface area contributed by atoms with E-state index in [-0.39, 0.29) is 0 Å². The topological polar surface area (TPSA) is 8.17 Å². The number of para-hydroxylation sites is 2. The minimum absolute atomic E-state index is 1.08. The molecular weight excluding hydrogens is 869 g/mol. The van der Waals surface area contributed by atoms with E-state index in [0.29, 0.717) is 0 Å². The molecule has 12 aromatic carbocycles. The highest BCUT2D eigenvalue weighted by molar-refractivity contribution is 6.16. The van der Waals surface area contributed by atoms with Crippen molar-refractivity contribution in [2.45, 2.75) is 0 Å². The van der Waals surface area contributed by atoms with Gasteiger partial charge in [-0.25, -0.2) is 0 Å². The quantitative estimate of drug-likeness (QED) is 0.133. The number of anilines is 3. The van der Waals surface area contributed by atoms with Crippen LogP contribution < -0.4 is 4.90 Å². The third kappa shape index (κ3) is 7.92. The summed E-state index contributed by atoms with van der Waals surface area (Å²) in [5, 5.41) is 5.02. The number of fused-ring (bicyclic) bond motifs is 4. The summed E-state index contributed by atoms with van der Waals surface area (Å²) in [6.07, 6.45) is 0. The molecule has 0 N–H and O–H groups in total. The molecule has 2 nitrogen and oxygen atoms in total. The molecule has 0 amide bonds. The fourth-order valence-corrected chi connectivity index (χ4v) is 10.7. The Morgan fingerprint density at radius 2 is 0.667 bits per heavy atom. The maximum absolute atomic E-state index is 2.39. The SMILES string of the molecule is c1ccc(-c2cccc(-c3ccc(N(c4ccc(-c5ccc(-c6cccc7ccccc67)cc5)cc4)c4cccc(-c5cccc(-c6cccc7c6c6ccccc6n7-c6ccccc6)c5)c4)cc3)c2)cc1. The van der Waals surface area contributed by atoms with Crippen LogP contribution in [0.4, 0.5) is 17.1 Å². The molecule has 0 saturated carbocycles. The van der Waals surface area contributed by atoms with Gasteiger partial charge >= 0.3 is 0 Å². The Hall–Kier alpha value is -9.50. The van der Waals surface area contributed by atoms with E-state index in [1.54, 1.807) is 0 Å². The van der Waals surface area contributed by atoms with E-state index in [0.717, 1.165) is 33.9 Å². The van der Waals surface area contributed by atoms with Crippen LogP contribution in [-0.4, -0.2) is 4.57 Å². The van der Waals surface area contributed by atoms with Crippen LogP contribution in [0.25, 0.3) is 105 Å². The second-order valence-electron chi connectivity index (χ2n) is 18.5. The molecule has 72 heavy (non-hydrogen) atoms. The lowest BCUT2D eigenvalue weighted by Gasteiger charge is -2.26. The van der Waals surface area contributed by atoms with Gasteiger partial charge in [-0.05, 0) is 150 Å². The standard InChI is InChI=1S/C70H48N2/c1-3-16-49(17-4-1)55-20-11-21-56(46-55)52-40-44-62(45-41-52)71(61-42-38-51(39-43-61)50-34-36-54(37-35-50)65-30-14-19-53-18-7-8-28-64(53)65)63-27-13-23-58(48-63)57-22-12-24-59(47-57)66-31-15-33-69-70(66)67-29-9-10-32-68(67)72(69)60-25-5-2-6-26-60/h1-48H. The molecule has 0 spiro atoms. The zero-order valence-corrected chi connectivity index (χ0v) is 39.6. The number of rotatable bonds is 10. The number of aromatic nitrogens is 1. The second-order valence-corrected chi connectivity index (χ2v) is 18.5. The minimum atomic E-state index is 1.08. The highest BCUT2D eigenvalue weighted by Crippen LogP contribution is 2.42. The molecule has 0 unspecified atom stereocenters. The summed E-state index contributed by atoms with van der Waals surface area (Å²) in [5.74, 6) is 0. The van der Waals surface area contributed by atoms with Crippen LogP contribution in [0.2, 0.25) is 0 Å². The van der Waals surface area contributed by atoms with Gasteiger partial charge in [0.2, 0.25) is 0 Å². The van der Waals surface area contributed by atoms with Gasteiger partial charge in [0, 0.05) is 33.5 Å². The van der Waals surface area contributed by atoms with Gasteiger partial charge in [0.1, 0.15) is 0 Å². The van der Waals surface area contributed by atoms with Crippen LogP contribution in [-0.2, 0) is 0 Å². The first kappa shape index (κ1) is 42.6. The first-order valence-corrected chi connectivity index (χ1v) is 24.7. The summed E-state index contributed by atoms with van der Waals surface area (Å²) < 4.78 is 2.39. The zero-order valence-electron chi connectivity index (χ0n) is 39.6. The summed E-state index contributed by atoms with van der Waals surface area (Å²) in [5.41, 5.74) is 21.1. The van der Waals surface area contributed by atoms with Crippen molar-refractivity contribution in [3.63, 3.8) is 0 Å². The van der Waals surface area contributed by atoms with Crippen LogP contribution in [0, 0.1) is 0 Å². The molecular formula is C70H48N2. The summed E-state index contributed by atoms with van der Waals surface area (Å²) in [6.45, 7) is 0. The molecule has 13 rings (SSSR count). The lowest BCUT2D eigenvalue weighted by atomic mass is 9.95. The van der Waals surface area contributed by atoms with E-state index in [1.165, 1.54) is 88.2 Å². The number of benzene rings is 12. The van der Waals surface area contributed by atoms with Crippen molar-refractivity contribution >= 4 is 49.6 Å². The third-order valence-corrected chi connectivity index (χ3v) is 14.2. The lowest BCUT2D eigenvalue weighted by Crippen LogP contribution is -2.10. The summed E-state index contributed by atoms with van der Waals surface area (Å²) in [4.78, 5) is 2.38. The molecule has 0 aliphatic carbocycles. The molecule has 0 saturated heterocycles. The molecule has 338 valence electrons. The second kappa shape index (κ2) is 18.4. The Kier molecular flexibility index (Phi) is 10.9. The first-order chi connectivity index (χ1) is 35.7. The van der Waals surface area contributed by atoms with Crippen molar-refractivity contribution in [3.05, 3.63) is 291 Å². The van der Waals surface area contributed by atoms with Crippen LogP contribution >= 0.6 is 0 Å². The van der Waals surface area contributed by atoms with Crippen molar-refractivity contribution in [1.29, 1.82) is 0 Å². The van der Waals surface area contributed by atoms with Crippen LogP contribution in [0.3, 0.4) is 0 Å². The normalized spacial score (nSPS) is 11.3. The van der Waals surface area contributed by atoms with Gasteiger partial charge in [0.15, 0.2) is 0 Å². The first-order valence-electron chi connectivity index (χ1n) is 24.7. The van der Waals surface area contributed by atoms with E-state index in [9.17, 15) is 0 Å². The molecule has 1 heterocycles. The molecule has 0 radical (unpaired) electrons. The Morgan fingerprint density at radius 3 is 1.38 bits per heavy atom. The number of hydrogen-bond acceptors (Lipinski definition) is 1. The van der Waals surface area contributed by atoms with Gasteiger partial charge in [-0.15, -0.1) is 0 Å². The molecule has 0 aliphatic rings.